The minimum atomic E-state index is -0.273. The van der Waals surface area contributed by atoms with Crippen LogP contribution in [0.1, 0.15) is 26.3 Å². The highest BCUT2D eigenvalue weighted by atomic mass is 19.1. The highest BCUT2D eigenvalue weighted by molar-refractivity contribution is 5.42. The number of benzene rings is 1. The van der Waals surface area contributed by atoms with Crippen molar-refractivity contribution in [3.63, 3.8) is 0 Å². The van der Waals surface area contributed by atoms with Crippen LogP contribution in [0.2, 0.25) is 0 Å². The van der Waals surface area contributed by atoms with Crippen LogP contribution in [-0.4, -0.2) is 0 Å². The molecule has 2 N–H and O–H groups in total. The third kappa shape index (κ3) is 2.53. The fourth-order valence-corrected chi connectivity index (χ4v) is 0.873. The monoisotopic (exact) mass is 169 g/mol. The van der Waals surface area contributed by atoms with Gasteiger partial charge in [0, 0.05) is 0 Å². The van der Waals surface area contributed by atoms with Gasteiger partial charge in [-0.15, -0.1) is 0 Å². The van der Waals surface area contributed by atoms with Gasteiger partial charge in [0.25, 0.3) is 0 Å². The summed E-state index contributed by atoms with van der Waals surface area (Å²) in [6, 6.07) is 5.07. The zero-order chi connectivity index (χ0) is 9.56. The lowest BCUT2D eigenvalue weighted by atomic mass is 10.1. The summed E-state index contributed by atoms with van der Waals surface area (Å²) in [7, 11) is 0. The van der Waals surface area contributed by atoms with Crippen molar-refractivity contribution >= 4 is 5.69 Å². The van der Waals surface area contributed by atoms with E-state index in [0.717, 1.165) is 0 Å². The summed E-state index contributed by atoms with van der Waals surface area (Å²) in [5, 5.41) is 0. The zero-order valence-corrected chi connectivity index (χ0v) is 7.89. The molecular weight excluding hydrogens is 153 g/mol. The van der Waals surface area contributed by atoms with E-state index in [1.807, 2.05) is 20.8 Å². The Morgan fingerprint density at radius 2 is 1.92 bits per heavy atom. The molecule has 0 unspecified atom stereocenters. The van der Waals surface area contributed by atoms with Crippen LogP contribution < -0.4 is 5.73 Å². The molecule has 0 spiro atoms. The first-order chi connectivity index (χ1) is 5.75. The van der Waals surface area contributed by atoms with Crippen LogP contribution in [0, 0.1) is 5.82 Å². The molecule has 0 saturated heterocycles. The molecule has 0 saturated carbocycles. The molecule has 1 nitrogen and oxygen atoms in total. The van der Waals surface area contributed by atoms with Crippen molar-refractivity contribution in [1.29, 1.82) is 0 Å². The zero-order valence-electron chi connectivity index (χ0n) is 7.89. The van der Waals surface area contributed by atoms with E-state index in [4.69, 9.17) is 5.73 Å². The molecule has 1 rings (SSSR count). The van der Waals surface area contributed by atoms with Gasteiger partial charge in [0.1, 0.15) is 5.82 Å². The van der Waals surface area contributed by atoms with Crippen molar-refractivity contribution in [1.82, 2.24) is 0 Å². The van der Waals surface area contributed by atoms with Crippen LogP contribution in [0.4, 0.5) is 10.1 Å². The maximum atomic E-state index is 12.9. The van der Waals surface area contributed by atoms with Crippen LogP contribution in [0.5, 0.6) is 0 Å². The molecular formula is C10H16FN. The molecule has 0 heterocycles. The molecule has 1 aromatic rings. The first-order valence-electron chi connectivity index (χ1n) is 4.28. The lowest BCUT2D eigenvalue weighted by Crippen LogP contribution is -1.94. The quantitative estimate of drug-likeness (QED) is 0.642. The third-order valence-corrected chi connectivity index (χ3v) is 1.49. The lowest BCUT2D eigenvalue weighted by Gasteiger charge is -2.00. The molecule has 0 aliphatic heterocycles. The topological polar surface area (TPSA) is 26.0 Å². The summed E-state index contributed by atoms with van der Waals surface area (Å²) < 4.78 is 12.9. The normalized spacial score (nSPS) is 8.67. The molecule has 0 aromatic heterocycles. The van der Waals surface area contributed by atoms with Gasteiger partial charge in [0.2, 0.25) is 0 Å². The maximum Gasteiger partial charge on any atom is 0.149 e. The van der Waals surface area contributed by atoms with Gasteiger partial charge in [-0.05, 0) is 18.1 Å². The number of nitrogen functional groups attached to an aromatic ring is 1. The summed E-state index contributed by atoms with van der Waals surface area (Å²) in [6.45, 7) is 5.90. The van der Waals surface area contributed by atoms with Gasteiger partial charge in [0.15, 0.2) is 0 Å². The Hall–Kier alpha value is -1.05. The molecule has 2 heteroatoms. The highest BCUT2D eigenvalue weighted by Gasteiger charge is 2.00. The third-order valence-electron chi connectivity index (χ3n) is 1.49. The van der Waals surface area contributed by atoms with Gasteiger partial charge in [-0.2, -0.15) is 0 Å². The van der Waals surface area contributed by atoms with Gasteiger partial charge in [-0.3, -0.25) is 0 Å². The Kier molecular flexibility index (Phi) is 5.09. The first-order valence-corrected chi connectivity index (χ1v) is 4.28. The second-order valence-corrected chi connectivity index (χ2v) is 2.17. The van der Waals surface area contributed by atoms with E-state index in [2.05, 4.69) is 0 Å². The van der Waals surface area contributed by atoms with E-state index in [-0.39, 0.29) is 11.5 Å². The summed E-state index contributed by atoms with van der Waals surface area (Å²) in [4.78, 5) is 0. The molecule has 68 valence electrons. The number of hydrogen-bond acceptors (Lipinski definition) is 1. The summed E-state index contributed by atoms with van der Waals surface area (Å²) in [5.74, 6) is -0.273. The van der Waals surface area contributed by atoms with E-state index in [0.29, 0.717) is 12.0 Å². The molecule has 0 radical (unpaired) electrons. The van der Waals surface area contributed by atoms with Crippen molar-refractivity contribution in [3.8, 4) is 0 Å². The molecule has 0 amide bonds. The lowest BCUT2D eigenvalue weighted by molar-refractivity contribution is 0.617. The van der Waals surface area contributed by atoms with Gasteiger partial charge < -0.3 is 5.73 Å². The minimum Gasteiger partial charge on any atom is -0.396 e. The summed E-state index contributed by atoms with van der Waals surface area (Å²) in [5.41, 5.74) is 6.24. The number of nitrogens with two attached hydrogens (primary N) is 1. The molecule has 0 bridgehead atoms. The van der Waals surface area contributed by atoms with Crippen molar-refractivity contribution in [2.24, 2.45) is 0 Å². The molecule has 12 heavy (non-hydrogen) atoms. The Balaban J connectivity index is 0.000000561. The predicted molar refractivity (Wildman–Crippen MR) is 51.5 cm³/mol. The van der Waals surface area contributed by atoms with Crippen LogP contribution >= 0.6 is 0 Å². The Morgan fingerprint density at radius 1 is 1.33 bits per heavy atom. The smallest absolute Gasteiger partial charge is 0.149 e. The van der Waals surface area contributed by atoms with Crippen molar-refractivity contribution in [2.45, 2.75) is 27.2 Å². The molecule has 0 fully saturated rings. The van der Waals surface area contributed by atoms with Crippen LogP contribution in [0.3, 0.4) is 0 Å². The fourth-order valence-electron chi connectivity index (χ4n) is 0.873. The molecule has 1 aromatic carbocycles. The predicted octanol–water partition coefficient (Wildman–Crippen LogP) is 3.00. The standard InChI is InChI=1S/C8H10FN.C2H6/c1-2-6-4-3-5-7(10)8(6)9;1-2/h3-5H,2,10H2,1H3;1-2H3. The van der Waals surface area contributed by atoms with Gasteiger partial charge in [-0.25, -0.2) is 4.39 Å². The Labute approximate surface area is 73.4 Å². The van der Waals surface area contributed by atoms with Crippen LogP contribution in [-0.2, 0) is 6.42 Å². The Bertz CT molecular complexity index is 233. The molecule has 0 aliphatic rings. The van der Waals surface area contributed by atoms with E-state index < -0.39 is 0 Å². The fraction of sp³-hybridized carbons (Fsp3) is 0.400. The molecule has 0 atom stereocenters. The second kappa shape index (κ2) is 5.58. The molecule has 0 aliphatic carbocycles. The van der Waals surface area contributed by atoms with Gasteiger partial charge in [-0.1, -0.05) is 32.9 Å². The van der Waals surface area contributed by atoms with E-state index >= 15 is 0 Å². The van der Waals surface area contributed by atoms with Crippen molar-refractivity contribution < 1.29 is 4.39 Å². The van der Waals surface area contributed by atoms with Crippen molar-refractivity contribution in [3.05, 3.63) is 29.6 Å². The summed E-state index contributed by atoms with van der Waals surface area (Å²) >= 11 is 0. The second-order valence-electron chi connectivity index (χ2n) is 2.17. The number of rotatable bonds is 1. The Morgan fingerprint density at radius 3 is 2.33 bits per heavy atom. The highest BCUT2D eigenvalue weighted by Crippen LogP contribution is 2.14. The van der Waals surface area contributed by atoms with E-state index in [1.165, 1.54) is 0 Å². The number of aryl methyl sites for hydroxylation is 1. The van der Waals surface area contributed by atoms with E-state index in [1.54, 1.807) is 18.2 Å². The number of hydrogen-bond donors (Lipinski definition) is 1. The van der Waals surface area contributed by atoms with Gasteiger partial charge >= 0.3 is 0 Å². The minimum absolute atomic E-state index is 0.236. The number of halogens is 1. The first kappa shape index (κ1) is 11.0. The van der Waals surface area contributed by atoms with Crippen LogP contribution in [0.25, 0.3) is 0 Å². The van der Waals surface area contributed by atoms with E-state index in [9.17, 15) is 4.39 Å². The largest absolute Gasteiger partial charge is 0.396 e. The average molecular weight is 169 g/mol. The number of anilines is 1. The van der Waals surface area contributed by atoms with Crippen molar-refractivity contribution in [2.75, 3.05) is 5.73 Å². The SMILES string of the molecule is CC.CCc1cccc(N)c1F. The van der Waals surface area contributed by atoms with Gasteiger partial charge in [0.05, 0.1) is 5.69 Å². The van der Waals surface area contributed by atoms with Crippen LogP contribution in [0.15, 0.2) is 18.2 Å². The summed E-state index contributed by atoms with van der Waals surface area (Å²) in [6.07, 6.45) is 0.691. The average Bonchev–Trinajstić information content (AvgIpc) is 2.13. The maximum absolute atomic E-state index is 12.9.